The lowest BCUT2D eigenvalue weighted by Gasteiger charge is -2.39. The molecule has 2 rings (SSSR count). The third kappa shape index (κ3) is 1.70. The SMILES string of the molecule is CC1(Oc2ccc(F)c(F)c2)CNC1. The van der Waals surface area contributed by atoms with Gasteiger partial charge < -0.3 is 10.1 Å². The van der Waals surface area contributed by atoms with E-state index < -0.39 is 11.6 Å². The van der Waals surface area contributed by atoms with Gasteiger partial charge in [0.1, 0.15) is 11.4 Å². The molecular formula is C10H11F2NO. The summed E-state index contributed by atoms with van der Waals surface area (Å²) in [6.45, 7) is 3.38. The summed E-state index contributed by atoms with van der Waals surface area (Å²) in [5, 5.41) is 3.06. The molecule has 0 saturated carbocycles. The third-order valence-corrected chi connectivity index (χ3v) is 2.25. The molecule has 0 atom stereocenters. The van der Waals surface area contributed by atoms with Gasteiger partial charge in [-0.15, -0.1) is 0 Å². The van der Waals surface area contributed by atoms with E-state index in [9.17, 15) is 8.78 Å². The number of benzene rings is 1. The van der Waals surface area contributed by atoms with Crippen molar-refractivity contribution in [3.05, 3.63) is 29.8 Å². The van der Waals surface area contributed by atoms with Crippen LogP contribution in [0.4, 0.5) is 8.78 Å². The van der Waals surface area contributed by atoms with Crippen LogP contribution in [-0.2, 0) is 0 Å². The van der Waals surface area contributed by atoms with E-state index >= 15 is 0 Å². The first-order valence-corrected chi connectivity index (χ1v) is 4.44. The summed E-state index contributed by atoms with van der Waals surface area (Å²) in [6, 6.07) is 3.57. The molecule has 1 fully saturated rings. The van der Waals surface area contributed by atoms with Crippen LogP contribution in [-0.4, -0.2) is 18.7 Å². The summed E-state index contributed by atoms with van der Waals surface area (Å²) in [4.78, 5) is 0. The summed E-state index contributed by atoms with van der Waals surface area (Å²) in [7, 11) is 0. The second-order valence-corrected chi connectivity index (χ2v) is 3.73. The molecule has 0 unspecified atom stereocenters. The first-order chi connectivity index (χ1) is 6.59. The average Bonchev–Trinajstić information content (AvgIpc) is 2.09. The minimum Gasteiger partial charge on any atom is -0.485 e. The Kier molecular flexibility index (Phi) is 2.15. The molecule has 1 heterocycles. The van der Waals surface area contributed by atoms with Gasteiger partial charge in [0.2, 0.25) is 0 Å². The summed E-state index contributed by atoms with van der Waals surface area (Å²) in [6.07, 6.45) is 0. The molecule has 1 aliphatic heterocycles. The van der Waals surface area contributed by atoms with E-state index in [-0.39, 0.29) is 5.60 Å². The van der Waals surface area contributed by atoms with Crippen LogP contribution in [0, 0.1) is 11.6 Å². The van der Waals surface area contributed by atoms with Crippen molar-refractivity contribution in [1.82, 2.24) is 5.32 Å². The van der Waals surface area contributed by atoms with E-state index in [1.807, 2.05) is 6.92 Å². The Morgan fingerprint density at radius 2 is 2.00 bits per heavy atom. The fraction of sp³-hybridized carbons (Fsp3) is 0.400. The highest BCUT2D eigenvalue weighted by molar-refractivity contribution is 5.25. The van der Waals surface area contributed by atoms with Gasteiger partial charge >= 0.3 is 0 Å². The second-order valence-electron chi connectivity index (χ2n) is 3.73. The van der Waals surface area contributed by atoms with Gasteiger partial charge in [-0.2, -0.15) is 0 Å². The number of hydrogen-bond acceptors (Lipinski definition) is 2. The second kappa shape index (κ2) is 3.20. The number of ether oxygens (including phenoxy) is 1. The maximum absolute atomic E-state index is 12.8. The largest absolute Gasteiger partial charge is 0.485 e. The molecule has 0 bridgehead atoms. The lowest BCUT2D eigenvalue weighted by atomic mass is 10.00. The molecule has 76 valence electrons. The zero-order valence-corrected chi connectivity index (χ0v) is 7.81. The van der Waals surface area contributed by atoms with Crippen molar-refractivity contribution in [2.45, 2.75) is 12.5 Å². The minimum atomic E-state index is -0.876. The van der Waals surface area contributed by atoms with E-state index in [0.29, 0.717) is 5.75 Å². The minimum absolute atomic E-state index is 0.287. The van der Waals surface area contributed by atoms with Crippen LogP contribution in [0.5, 0.6) is 5.75 Å². The van der Waals surface area contributed by atoms with Gasteiger partial charge in [-0.3, -0.25) is 0 Å². The lowest BCUT2D eigenvalue weighted by Crippen LogP contribution is -2.61. The third-order valence-electron chi connectivity index (χ3n) is 2.25. The van der Waals surface area contributed by atoms with E-state index in [4.69, 9.17) is 4.74 Å². The van der Waals surface area contributed by atoms with Crippen molar-refractivity contribution in [3.8, 4) is 5.75 Å². The lowest BCUT2D eigenvalue weighted by molar-refractivity contribution is 0.0345. The van der Waals surface area contributed by atoms with Crippen molar-refractivity contribution in [3.63, 3.8) is 0 Å². The smallest absolute Gasteiger partial charge is 0.162 e. The molecule has 0 aromatic heterocycles. The Balaban J connectivity index is 2.13. The Morgan fingerprint density at radius 3 is 2.50 bits per heavy atom. The normalized spacial score (nSPS) is 18.8. The summed E-state index contributed by atoms with van der Waals surface area (Å²) >= 11 is 0. The molecule has 1 aromatic carbocycles. The maximum atomic E-state index is 12.8. The standard InChI is InChI=1S/C10H11F2NO/c1-10(5-13-6-10)14-7-2-3-8(11)9(12)4-7/h2-4,13H,5-6H2,1H3. The molecule has 1 N–H and O–H groups in total. The number of rotatable bonds is 2. The quantitative estimate of drug-likeness (QED) is 0.782. The number of halogens is 2. The summed E-state index contributed by atoms with van der Waals surface area (Å²) in [5.74, 6) is -1.36. The predicted octanol–water partition coefficient (Wildman–Crippen LogP) is 1.71. The monoisotopic (exact) mass is 199 g/mol. The molecule has 0 radical (unpaired) electrons. The maximum Gasteiger partial charge on any atom is 0.162 e. The van der Waals surface area contributed by atoms with Crippen LogP contribution >= 0.6 is 0 Å². The first kappa shape index (κ1) is 9.40. The van der Waals surface area contributed by atoms with E-state index in [1.165, 1.54) is 6.07 Å². The molecule has 0 aliphatic carbocycles. The summed E-state index contributed by atoms with van der Waals surface area (Å²) in [5.41, 5.74) is -0.287. The van der Waals surface area contributed by atoms with Crippen molar-refractivity contribution in [2.24, 2.45) is 0 Å². The number of hydrogen-bond donors (Lipinski definition) is 1. The topological polar surface area (TPSA) is 21.3 Å². The highest BCUT2D eigenvalue weighted by atomic mass is 19.2. The van der Waals surface area contributed by atoms with Crippen LogP contribution in [0.15, 0.2) is 18.2 Å². The van der Waals surface area contributed by atoms with E-state index in [0.717, 1.165) is 25.2 Å². The molecule has 1 saturated heterocycles. The van der Waals surface area contributed by atoms with Crippen LogP contribution in [0.2, 0.25) is 0 Å². The molecule has 0 spiro atoms. The highest BCUT2D eigenvalue weighted by Gasteiger charge is 2.33. The average molecular weight is 199 g/mol. The molecule has 2 nitrogen and oxygen atoms in total. The predicted molar refractivity (Wildman–Crippen MR) is 48.3 cm³/mol. The Hall–Kier alpha value is -1.16. The van der Waals surface area contributed by atoms with Gasteiger partial charge in [-0.1, -0.05) is 0 Å². The van der Waals surface area contributed by atoms with Gasteiger partial charge in [-0.25, -0.2) is 8.78 Å². The molecular weight excluding hydrogens is 188 g/mol. The van der Waals surface area contributed by atoms with Gasteiger partial charge in [0, 0.05) is 19.2 Å². The van der Waals surface area contributed by atoms with Gasteiger partial charge in [0.25, 0.3) is 0 Å². The Bertz CT molecular complexity index is 350. The summed E-state index contributed by atoms with van der Waals surface area (Å²) < 4.78 is 30.9. The van der Waals surface area contributed by atoms with E-state index in [1.54, 1.807) is 0 Å². The number of nitrogens with one attached hydrogen (secondary N) is 1. The Morgan fingerprint density at radius 1 is 1.29 bits per heavy atom. The Labute approximate surface area is 80.9 Å². The fourth-order valence-corrected chi connectivity index (χ4v) is 1.37. The molecule has 1 aromatic rings. The van der Waals surface area contributed by atoms with Crippen molar-refractivity contribution < 1.29 is 13.5 Å². The molecule has 14 heavy (non-hydrogen) atoms. The van der Waals surface area contributed by atoms with Gasteiger partial charge in [-0.05, 0) is 19.1 Å². The van der Waals surface area contributed by atoms with Crippen LogP contribution in [0.1, 0.15) is 6.92 Å². The highest BCUT2D eigenvalue weighted by Crippen LogP contribution is 2.23. The first-order valence-electron chi connectivity index (χ1n) is 4.44. The van der Waals surface area contributed by atoms with Crippen molar-refractivity contribution >= 4 is 0 Å². The van der Waals surface area contributed by atoms with Crippen LogP contribution in [0.25, 0.3) is 0 Å². The molecule has 1 aliphatic rings. The van der Waals surface area contributed by atoms with Gasteiger partial charge in [0.05, 0.1) is 0 Å². The van der Waals surface area contributed by atoms with Crippen LogP contribution < -0.4 is 10.1 Å². The van der Waals surface area contributed by atoms with Crippen LogP contribution in [0.3, 0.4) is 0 Å². The zero-order chi connectivity index (χ0) is 10.2. The van der Waals surface area contributed by atoms with Gasteiger partial charge in [0.15, 0.2) is 11.6 Å². The zero-order valence-electron chi connectivity index (χ0n) is 7.81. The van der Waals surface area contributed by atoms with Crippen molar-refractivity contribution in [1.29, 1.82) is 0 Å². The molecule has 4 heteroatoms. The fourth-order valence-electron chi connectivity index (χ4n) is 1.37. The van der Waals surface area contributed by atoms with Crippen molar-refractivity contribution in [2.75, 3.05) is 13.1 Å². The van der Waals surface area contributed by atoms with E-state index in [2.05, 4.69) is 5.32 Å². The molecule has 0 amide bonds.